The smallest absolute Gasteiger partial charge is 0.222 e. The van der Waals surface area contributed by atoms with Gasteiger partial charge in [-0.1, -0.05) is 40.5 Å². The Kier molecular flexibility index (Phi) is 8.20. The largest absolute Gasteiger partial charge is 0.341 e. The lowest BCUT2D eigenvalue weighted by Gasteiger charge is -2.38. The number of hydrogen-bond acceptors (Lipinski definition) is 2. The summed E-state index contributed by atoms with van der Waals surface area (Å²) in [5.74, 6) is 1.71. The number of nitrogens with zero attached hydrogens (tertiary/aromatic N) is 1. The molecule has 1 aliphatic heterocycles. The van der Waals surface area contributed by atoms with Crippen molar-refractivity contribution < 1.29 is 4.79 Å². The van der Waals surface area contributed by atoms with Crippen LogP contribution in [-0.2, 0) is 4.79 Å². The Hall–Kier alpha value is -0.570. The van der Waals surface area contributed by atoms with Gasteiger partial charge in [-0.3, -0.25) is 4.79 Å². The van der Waals surface area contributed by atoms with Crippen LogP contribution in [0, 0.1) is 11.8 Å². The Morgan fingerprint density at radius 3 is 2.60 bits per heavy atom. The molecule has 0 radical (unpaired) electrons. The molecule has 2 atom stereocenters. The Labute approximate surface area is 125 Å². The molecule has 2 unspecified atom stereocenters. The van der Waals surface area contributed by atoms with E-state index in [1.54, 1.807) is 0 Å². The Bertz CT molecular complexity index is 278. The average molecular weight is 282 g/mol. The molecule has 1 fully saturated rings. The zero-order valence-electron chi connectivity index (χ0n) is 14.0. The monoisotopic (exact) mass is 282 g/mol. The molecule has 0 aromatic heterocycles. The van der Waals surface area contributed by atoms with Crippen molar-refractivity contribution in [3.05, 3.63) is 0 Å². The molecule has 0 aromatic carbocycles. The van der Waals surface area contributed by atoms with Crippen molar-refractivity contribution >= 4 is 5.91 Å². The van der Waals surface area contributed by atoms with Gasteiger partial charge in [0.2, 0.25) is 5.91 Å². The highest BCUT2D eigenvalue weighted by atomic mass is 16.2. The highest BCUT2D eigenvalue weighted by molar-refractivity contribution is 5.76. The van der Waals surface area contributed by atoms with Gasteiger partial charge in [-0.05, 0) is 37.6 Å². The molecule has 1 aliphatic rings. The second-order valence-corrected chi connectivity index (χ2v) is 6.79. The number of unbranched alkanes of at least 4 members (excludes halogenated alkanes) is 1. The molecule has 0 bridgehead atoms. The lowest BCUT2D eigenvalue weighted by molar-refractivity contribution is -0.133. The van der Waals surface area contributed by atoms with E-state index in [2.05, 4.69) is 37.9 Å². The van der Waals surface area contributed by atoms with Crippen LogP contribution in [0.4, 0.5) is 0 Å². The minimum absolute atomic E-state index is 0.352. The second kappa shape index (κ2) is 9.38. The number of hydrogen-bond donors (Lipinski definition) is 1. The van der Waals surface area contributed by atoms with Crippen molar-refractivity contribution in [2.45, 2.75) is 72.3 Å². The zero-order valence-corrected chi connectivity index (χ0v) is 14.0. The lowest BCUT2D eigenvalue weighted by Crippen LogP contribution is -2.51. The molecule has 0 aliphatic carbocycles. The molecule has 0 spiro atoms. The maximum atomic E-state index is 12.2. The van der Waals surface area contributed by atoms with E-state index < -0.39 is 0 Å². The van der Waals surface area contributed by atoms with E-state index >= 15 is 0 Å². The first-order valence-corrected chi connectivity index (χ1v) is 8.57. The summed E-state index contributed by atoms with van der Waals surface area (Å²) in [4.78, 5) is 14.3. The molecule has 0 aromatic rings. The van der Waals surface area contributed by atoms with E-state index in [1.165, 1.54) is 25.7 Å². The van der Waals surface area contributed by atoms with Gasteiger partial charge in [0, 0.05) is 25.6 Å². The summed E-state index contributed by atoms with van der Waals surface area (Å²) in [5, 5.41) is 3.66. The lowest BCUT2D eigenvalue weighted by atomic mass is 9.89. The Balaban J connectivity index is 2.54. The normalized spacial score (nSPS) is 23.4. The summed E-state index contributed by atoms with van der Waals surface area (Å²) in [7, 11) is 0. The minimum Gasteiger partial charge on any atom is -0.341 e. The third-order valence-electron chi connectivity index (χ3n) is 4.13. The maximum Gasteiger partial charge on any atom is 0.222 e. The highest BCUT2D eigenvalue weighted by Crippen LogP contribution is 2.23. The van der Waals surface area contributed by atoms with Gasteiger partial charge in [-0.25, -0.2) is 0 Å². The van der Waals surface area contributed by atoms with Gasteiger partial charge in [0.15, 0.2) is 0 Å². The van der Waals surface area contributed by atoms with Gasteiger partial charge in [0.25, 0.3) is 0 Å². The molecule has 118 valence electrons. The van der Waals surface area contributed by atoms with Crippen molar-refractivity contribution in [2.24, 2.45) is 11.8 Å². The summed E-state index contributed by atoms with van der Waals surface area (Å²) in [6.45, 7) is 11.8. The number of nitrogens with one attached hydrogen (secondary N) is 1. The fourth-order valence-corrected chi connectivity index (χ4v) is 3.03. The maximum absolute atomic E-state index is 12.2. The quantitative estimate of drug-likeness (QED) is 0.739. The minimum atomic E-state index is 0.352. The summed E-state index contributed by atoms with van der Waals surface area (Å²) < 4.78 is 0. The van der Waals surface area contributed by atoms with E-state index in [9.17, 15) is 4.79 Å². The van der Waals surface area contributed by atoms with Crippen molar-refractivity contribution in [1.82, 2.24) is 10.2 Å². The van der Waals surface area contributed by atoms with Crippen LogP contribution in [0.5, 0.6) is 0 Å². The van der Waals surface area contributed by atoms with Crippen molar-refractivity contribution in [2.75, 3.05) is 19.6 Å². The van der Waals surface area contributed by atoms with Gasteiger partial charge in [-0.2, -0.15) is 0 Å². The first-order chi connectivity index (χ1) is 9.56. The van der Waals surface area contributed by atoms with E-state index in [0.29, 0.717) is 30.2 Å². The molecule has 1 saturated heterocycles. The number of carbonyl (C=O) groups excluding carboxylic acids is 1. The Morgan fingerprint density at radius 2 is 2.00 bits per heavy atom. The molecule has 3 heteroatoms. The zero-order chi connectivity index (χ0) is 15.0. The fraction of sp³-hybridized carbons (Fsp3) is 0.941. The van der Waals surface area contributed by atoms with Crippen LogP contribution in [0.3, 0.4) is 0 Å². The standard InChI is InChI=1S/C17H34N2O/c1-5-7-9-15-10-16(18-11-14(3)4)13-19(12-15)17(20)8-6-2/h14-16,18H,5-13H2,1-4H3. The summed E-state index contributed by atoms with van der Waals surface area (Å²) in [5.41, 5.74) is 0. The van der Waals surface area contributed by atoms with Crippen LogP contribution in [0.2, 0.25) is 0 Å². The van der Waals surface area contributed by atoms with E-state index in [-0.39, 0.29) is 0 Å². The predicted octanol–water partition coefficient (Wildman–Crippen LogP) is 3.44. The van der Waals surface area contributed by atoms with Crippen molar-refractivity contribution in [3.8, 4) is 0 Å². The third kappa shape index (κ3) is 6.25. The molecule has 1 amide bonds. The SMILES string of the molecule is CCCCC1CC(NCC(C)C)CN(C(=O)CCC)C1. The molecule has 1 heterocycles. The number of likely N-dealkylation sites (tertiary alicyclic amines) is 1. The van der Waals surface area contributed by atoms with Crippen LogP contribution in [0.25, 0.3) is 0 Å². The van der Waals surface area contributed by atoms with Gasteiger partial charge >= 0.3 is 0 Å². The van der Waals surface area contributed by atoms with Gasteiger partial charge in [0.1, 0.15) is 0 Å². The first-order valence-electron chi connectivity index (χ1n) is 8.57. The first kappa shape index (κ1) is 17.5. The molecule has 0 saturated carbocycles. The third-order valence-corrected chi connectivity index (χ3v) is 4.13. The highest BCUT2D eigenvalue weighted by Gasteiger charge is 2.28. The molecule has 3 nitrogen and oxygen atoms in total. The van der Waals surface area contributed by atoms with Gasteiger partial charge in [-0.15, -0.1) is 0 Å². The molecule has 1 rings (SSSR count). The molecule has 1 N–H and O–H groups in total. The van der Waals surface area contributed by atoms with E-state index in [0.717, 1.165) is 26.1 Å². The van der Waals surface area contributed by atoms with Crippen LogP contribution >= 0.6 is 0 Å². The number of rotatable bonds is 8. The van der Waals surface area contributed by atoms with E-state index in [4.69, 9.17) is 0 Å². The predicted molar refractivity (Wildman–Crippen MR) is 85.7 cm³/mol. The van der Waals surface area contributed by atoms with Crippen molar-refractivity contribution in [3.63, 3.8) is 0 Å². The van der Waals surface area contributed by atoms with Crippen molar-refractivity contribution in [1.29, 1.82) is 0 Å². The van der Waals surface area contributed by atoms with Crippen LogP contribution in [-0.4, -0.2) is 36.5 Å². The average Bonchev–Trinajstić information content (AvgIpc) is 2.43. The van der Waals surface area contributed by atoms with Gasteiger partial charge < -0.3 is 10.2 Å². The summed E-state index contributed by atoms with van der Waals surface area (Å²) >= 11 is 0. The second-order valence-electron chi connectivity index (χ2n) is 6.79. The summed E-state index contributed by atoms with van der Waals surface area (Å²) in [6, 6.07) is 0.494. The number of amides is 1. The van der Waals surface area contributed by atoms with E-state index in [1.807, 2.05) is 0 Å². The number of carbonyl (C=O) groups is 1. The number of piperidine rings is 1. The van der Waals surface area contributed by atoms with Crippen LogP contribution in [0.15, 0.2) is 0 Å². The summed E-state index contributed by atoms with van der Waals surface area (Å²) in [6.07, 6.45) is 6.71. The topological polar surface area (TPSA) is 32.3 Å². The van der Waals surface area contributed by atoms with Crippen LogP contribution in [0.1, 0.15) is 66.2 Å². The molecular weight excluding hydrogens is 248 g/mol. The molecular formula is C17H34N2O. The fourth-order valence-electron chi connectivity index (χ4n) is 3.03. The van der Waals surface area contributed by atoms with Crippen LogP contribution < -0.4 is 5.32 Å². The Morgan fingerprint density at radius 1 is 1.25 bits per heavy atom. The van der Waals surface area contributed by atoms with Gasteiger partial charge in [0.05, 0.1) is 0 Å². The molecule has 20 heavy (non-hydrogen) atoms.